The minimum Gasteiger partial charge on any atom is -0.379 e. The third-order valence-corrected chi connectivity index (χ3v) is 9.31. The monoisotopic (exact) mass is 616 g/mol. The Morgan fingerprint density at radius 1 is 0.886 bits per heavy atom. The molecule has 240 valence electrons. The largest absolute Gasteiger partial charge is 0.379 e. The molecule has 4 aliphatic carbocycles. The summed E-state index contributed by atoms with van der Waals surface area (Å²) in [7, 11) is 0. The van der Waals surface area contributed by atoms with Crippen LogP contribution in [0.3, 0.4) is 0 Å². The van der Waals surface area contributed by atoms with Crippen LogP contribution in [0.15, 0.2) is 19.2 Å². The lowest BCUT2D eigenvalue weighted by molar-refractivity contribution is -0.386. The second-order valence-electron chi connectivity index (χ2n) is 12.1. The van der Waals surface area contributed by atoms with Gasteiger partial charge in [-0.1, -0.05) is 27.7 Å². The van der Waals surface area contributed by atoms with Gasteiger partial charge >= 0.3 is 22.6 Å². The highest BCUT2D eigenvalue weighted by atomic mass is 16.6. The van der Waals surface area contributed by atoms with Gasteiger partial charge in [-0.15, -0.1) is 0 Å². The second-order valence-corrected chi connectivity index (χ2v) is 12.1. The van der Waals surface area contributed by atoms with Crippen molar-refractivity contribution in [1.82, 2.24) is 28.2 Å². The minimum atomic E-state index is -2.32. The standard InChI is InChI=1S/C20H28N4O2.C10H16N4O4/c1-3-5-23-16-15(17(25)24(6-4-2)19(23)26)21-18(22-16)20-10-12-7-13(11-20)9-14(20)8-12;1-3-5-12-8(11)7(14(17)18)9(15)13(6-4-2)10(12)16/h12-14H,3-11H2,1-2H3,(H,21,22);3-6,11H2,1-2H3/i2*6D2. The van der Waals surface area contributed by atoms with E-state index in [9.17, 15) is 29.3 Å². The number of imidazole rings is 1. The Hall–Kier alpha value is -3.97. The molecular weight excluding hydrogens is 568 g/mol. The van der Waals surface area contributed by atoms with Crippen molar-refractivity contribution in [1.29, 1.82) is 0 Å². The average molecular weight is 617 g/mol. The molecular formula is C30H44N8O6. The molecule has 4 bridgehead atoms. The molecule has 2 unspecified atom stereocenters. The maximum absolute atomic E-state index is 13.1. The normalized spacial score (nSPS) is 25.3. The number of nitro groups is 1. The highest BCUT2D eigenvalue weighted by molar-refractivity contribution is 5.70. The van der Waals surface area contributed by atoms with E-state index in [0.717, 1.165) is 39.6 Å². The molecule has 7 rings (SSSR count). The molecule has 3 heterocycles. The van der Waals surface area contributed by atoms with Crippen molar-refractivity contribution >= 4 is 22.7 Å². The van der Waals surface area contributed by atoms with E-state index in [4.69, 9.17) is 16.2 Å². The summed E-state index contributed by atoms with van der Waals surface area (Å²) in [5.74, 6) is 2.44. The summed E-state index contributed by atoms with van der Waals surface area (Å²) in [6.45, 7) is 2.90. The lowest BCUT2D eigenvalue weighted by atomic mass is 9.75. The number of fused-ring (bicyclic) bond motifs is 1. The smallest absolute Gasteiger partial charge is 0.374 e. The van der Waals surface area contributed by atoms with Crippen molar-refractivity contribution in [3.63, 3.8) is 0 Å². The van der Waals surface area contributed by atoms with Crippen LogP contribution in [-0.2, 0) is 31.5 Å². The molecule has 4 aliphatic rings. The highest BCUT2D eigenvalue weighted by Gasteiger charge is 2.59. The Balaban J connectivity index is 0.000000201. The number of hydrogen-bond donors (Lipinski definition) is 2. The van der Waals surface area contributed by atoms with Gasteiger partial charge in [-0.2, -0.15) is 0 Å². The number of aromatic amines is 1. The molecule has 0 amide bonds. The third kappa shape index (κ3) is 5.01. The number of nitrogen functional groups attached to an aromatic ring is 1. The van der Waals surface area contributed by atoms with Crippen molar-refractivity contribution in [2.24, 2.45) is 17.8 Å². The summed E-state index contributed by atoms with van der Waals surface area (Å²) in [6.07, 6.45) is 7.09. The fourth-order valence-electron chi connectivity index (χ4n) is 7.82. The number of H-pyrrole nitrogens is 1. The van der Waals surface area contributed by atoms with E-state index in [1.54, 1.807) is 13.8 Å². The van der Waals surface area contributed by atoms with Crippen LogP contribution in [0, 0.1) is 27.9 Å². The van der Waals surface area contributed by atoms with E-state index in [1.807, 2.05) is 6.92 Å². The number of aromatic nitrogens is 6. The molecule has 2 atom stereocenters. The summed E-state index contributed by atoms with van der Waals surface area (Å²) in [5, 5.41) is 11.0. The molecule has 14 nitrogen and oxygen atoms in total. The predicted octanol–water partition coefficient (Wildman–Crippen LogP) is 3.10. The molecule has 0 spiro atoms. The first-order chi connectivity index (χ1) is 22.5. The van der Waals surface area contributed by atoms with Crippen molar-refractivity contribution < 1.29 is 10.4 Å². The molecule has 4 saturated carbocycles. The number of aryl methyl sites for hydroxylation is 1. The Bertz CT molecular complexity index is 1980. The van der Waals surface area contributed by atoms with Crippen LogP contribution < -0.4 is 28.2 Å². The molecule has 0 radical (unpaired) electrons. The maximum Gasteiger partial charge on any atom is 0.374 e. The minimum absolute atomic E-state index is 0.0146. The summed E-state index contributed by atoms with van der Waals surface area (Å²) >= 11 is 0. The number of nitrogens with two attached hydrogens (primary N) is 1. The van der Waals surface area contributed by atoms with E-state index in [1.165, 1.54) is 30.8 Å². The van der Waals surface area contributed by atoms with Crippen LogP contribution in [0.2, 0.25) is 0 Å². The SMILES string of the molecule is [2H]C([2H])(CC)n1c(=O)c([N+](=O)[O-])c(N)n(CCC)c1=O.[2H]C([2H])(CC)n1c(=O)c2[nH]c(C34CC5CC(CC3C5)C4)nc2n(CCC)c1=O. The summed E-state index contributed by atoms with van der Waals surface area (Å²) in [5.41, 5.74) is 1.74. The highest BCUT2D eigenvalue weighted by Crippen LogP contribution is 2.65. The number of rotatable bonds is 10. The second kappa shape index (κ2) is 12.2. The fraction of sp³-hybridized carbons (Fsp3) is 0.700. The number of nitrogens with zero attached hydrogens (tertiary/aromatic N) is 6. The van der Waals surface area contributed by atoms with Crippen LogP contribution in [0.5, 0.6) is 0 Å². The van der Waals surface area contributed by atoms with E-state index >= 15 is 0 Å². The molecule has 0 saturated heterocycles. The van der Waals surface area contributed by atoms with Crippen LogP contribution in [-0.4, -0.2) is 33.2 Å². The quantitative estimate of drug-likeness (QED) is 0.257. The Morgan fingerprint density at radius 2 is 1.43 bits per heavy atom. The van der Waals surface area contributed by atoms with Gasteiger partial charge in [0.15, 0.2) is 11.5 Å². The lowest BCUT2D eigenvalue weighted by Crippen LogP contribution is -2.42. The topological polar surface area (TPSA) is 186 Å². The Morgan fingerprint density at radius 3 is 1.98 bits per heavy atom. The number of anilines is 1. The van der Waals surface area contributed by atoms with Gasteiger partial charge in [0.1, 0.15) is 11.3 Å². The van der Waals surface area contributed by atoms with Crippen LogP contribution in [0.4, 0.5) is 11.5 Å². The zero-order chi connectivity index (χ0) is 35.5. The van der Waals surface area contributed by atoms with Crippen molar-refractivity contribution in [2.75, 3.05) is 5.73 Å². The van der Waals surface area contributed by atoms with Gasteiger partial charge in [0, 0.05) is 31.5 Å². The maximum atomic E-state index is 13.1. The van der Waals surface area contributed by atoms with Gasteiger partial charge in [0.2, 0.25) is 0 Å². The first kappa shape index (κ1) is 26.4. The Kier molecular flexibility index (Phi) is 7.33. The lowest BCUT2D eigenvalue weighted by Gasteiger charge is -2.30. The van der Waals surface area contributed by atoms with Crippen molar-refractivity contribution in [2.45, 2.75) is 117 Å². The van der Waals surface area contributed by atoms with Gasteiger partial charge in [0.25, 0.3) is 5.56 Å². The molecule has 44 heavy (non-hydrogen) atoms. The van der Waals surface area contributed by atoms with Gasteiger partial charge in [-0.3, -0.25) is 38.0 Å². The van der Waals surface area contributed by atoms with E-state index in [2.05, 4.69) is 4.98 Å². The molecule has 3 aromatic rings. The van der Waals surface area contributed by atoms with E-state index in [0.29, 0.717) is 31.0 Å². The first-order valence-electron chi connectivity index (χ1n) is 17.6. The van der Waals surface area contributed by atoms with Crippen LogP contribution >= 0.6 is 0 Å². The summed E-state index contributed by atoms with van der Waals surface area (Å²) < 4.78 is 35.2. The van der Waals surface area contributed by atoms with Gasteiger partial charge in [0.05, 0.1) is 10.4 Å². The molecule has 14 heteroatoms. The van der Waals surface area contributed by atoms with Gasteiger partial charge in [-0.05, 0) is 75.5 Å². The molecule has 4 fully saturated rings. The van der Waals surface area contributed by atoms with Gasteiger partial charge < -0.3 is 10.7 Å². The van der Waals surface area contributed by atoms with Gasteiger partial charge in [-0.25, -0.2) is 14.6 Å². The Labute approximate surface area is 259 Å². The predicted molar refractivity (Wildman–Crippen MR) is 167 cm³/mol. The van der Waals surface area contributed by atoms with E-state index < -0.39 is 51.9 Å². The molecule has 0 aliphatic heterocycles. The summed E-state index contributed by atoms with van der Waals surface area (Å²) in [6, 6.07) is 0. The molecule has 3 aromatic heterocycles. The molecule has 0 aromatic carbocycles. The van der Waals surface area contributed by atoms with Crippen LogP contribution in [0.25, 0.3) is 11.2 Å². The molecule has 3 N–H and O–H groups in total. The van der Waals surface area contributed by atoms with E-state index in [-0.39, 0.29) is 34.9 Å². The number of hydrogen-bond acceptors (Lipinski definition) is 8. The van der Waals surface area contributed by atoms with Crippen molar-refractivity contribution in [3.8, 4) is 0 Å². The first-order valence-corrected chi connectivity index (χ1v) is 15.6. The fourth-order valence-corrected chi connectivity index (χ4v) is 7.82. The van der Waals surface area contributed by atoms with Crippen molar-refractivity contribution in [3.05, 3.63) is 57.6 Å². The zero-order valence-electron chi connectivity index (χ0n) is 29.7. The number of nitrogens with one attached hydrogen (secondary N) is 1. The summed E-state index contributed by atoms with van der Waals surface area (Å²) in [4.78, 5) is 68.5. The third-order valence-electron chi connectivity index (χ3n) is 9.31. The average Bonchev–Trinajstić information content (AvgIpc) is 3.65. The zero-order valence-corrected chi connectivity index (χ0v) is 25.7. The van der Waals surface area contributed by atoms with Crippen LogP contribution in [0.1, 0.15) is 96.8 Å².